The maximum atomic E-state index is 11.5. The number of pyridine rings is 1. The lowest BCUT2D eigenvalue weighted by Crippen LogP contribution is -2.48. The Morgan fingerprint density at radius 2 is 2.11 bits per heavy atom. The summed E-state index contributed by atoms with van der Waals surface area (Å²) in [5, 5.41) is 0. The molecule has 1 aromatic heterocycles. The van der Waals surface area contributed by atoms with Gasteiger partial charge >= 0.3 is 0 Å². The van der Waals surface area contributed by atoms with Crippen molar-refractivity contribution in [1.82, 2.24) is 9.88 Å². The van der Waals surface area contributed by atoms with Crippen LogP contribution in [0.1, 0.15) is 0 Å². The van der Waals surface area contributed by atoms with E-state index < -0.39 is 0 Å². The standard InChI is InChI=1S/C13H17N3O2/c1-3-13(17)16-8-6-15(7-9-16)12-5-4-11(18-2)10-14-12/h3-5,10H,1,6-9H2,2H3. The first-order chi connectivity index (χ1) is 8.74. The maximum Gasteiger partial charge on any atom is 0.246 e. The molecule has 18 heavy (non-hydrogen) atoms. The van der Waals surface area contributed by atoms with E-state index in [9.17, 15) is 4.79 Å². The first kappa shape index (κ1) is 12.4. The van der Waals surface area contributed by atoms with E-state index in [0.717, 1.165) is 24.7 Å². The van der Waals surface area contributed by atoms with Crippen LogP contribution in [0, 0.1) is 0 Å². The number of hydrogen-bond acceptors (Lipinski definition) is 4. The molecule has 0 atom stereocenters. The van der Waals surface area contributed by atoms with Gasteiger partial charge in [-0.15, -0.1) is 0 Å². The van der Waals surface area contributed by atoms with E-state index in [4.69, 9.17) is 4.74 Å². The molecule has 0 radical (unpaired) electrons. The van der Waals surface area contributed by atoms with Crippen molar-refractivity contribution in [3.8, 4) is 5.75 Å². The van der Waals surface area contributed by atoms with Gasteiger partial charge in [0, 0.05) is 26.2 Å². The number of nitrogens with zero attached hydrogens (tertiary/aromatic N) is 3. The molecule has 0 bridgehead atoms. The van der Waals surface area contributed by atoms with Crippen molar-refractivity contribution in [3.63, 3.8) is 0 Å². The SMILES string of the molecule is C=CC(=O)N1CCN(c2ccc(OC)cn2)CC1. The molecule has 0 saturated carbocycles. The Morgan fingerprint density at radius 1 is 1.39 bits per heavy atom. The number of carbonyl (C=O) groups is 1. The third-order valence-corrected chi connectivity index (χ3v) is 3.05. The number of rotatable bonds is 3. The normalized spacial score (nSPS) is 15.4. The first-order valence-electron chi connectivity index (χ1n) is 5.91. The van der Waals surface area contributed by atoms with E-state index >= 15 is 0 Å². The lowest BCUT2D eigenvalue weighted by molar-refractivity contribution is -0.126. The van der Waals surface area contributed by atoms with Crippen LogP contribution in [0.5, 0.6) is 5.75 Å². The lowest BCUT2D eigenvalue weighted by atomic mass is 10.3. The van der Waals surface area contributed by atoms with E-state index in [1.165, 1.54) is 6.08 Å². The van der Waals surface area contributed by atoms with Crippen LogP contribution in [0.15, 0.2) is 31.0 Å². The van der Waals surface area contributed by atoms with Gasteiger partial charge in [0.2, 0.25) is 5.91 Å². The van der Waals surface area contributed by atoms with Gasteiger partial charge in [-0.3, -0.25) is 4.79 Å². The van der Waals surface area contributed by atoms with E-state index in [-0.39, 0.29) is 5.91 Å². The van der Waals surface area contributed by atoms with Crippen LogP contribution in [-0.2, 0) is 4.79 Å². The van der Waals surface area contributed by atoms with Gasteiger partial charge in [0.05, 0.1) is 13.3 Å². The summed E-state index contributed by atoms with van der Waals surface area (Å²) in [4.78, 5) is 19.7. The third kappa shape index (κ3) is 2.61. The third-order valence-electron chi connectivity index (χ3n) is 3.05. The van der Waals surface area contributed by atoms with Gasteiger partial charge in [-0.25, -0.2) is 4.98 Å². The van der Waals surface area contributed by atoms with Crippen molar-refractivity contribution < 1.29 is 9.53 Å². The smallest absolute Gasteiger partial charge is 0.246 e. The predicted molar refractivity (Wildman–Crippen MR) is 69.8 cm³/mol. The van der Waals surface area contributed by atoms with Crippen LogP contribution in [-0.4, -0.2) is 49.1 Å². The van der Waals surface area contributed by atoms with Crippen LogP contribution in [0.2, 0.25) is 0 Å². The molecule has 0 aliphatic carbocycles. The Labute approximate surface area is 107 Å². The Morgan fingerprint density at radius 3 is 2.61 bits per heavy atom. The molecule has 1 saturated heterocycles. The Balaban J connectivity index is 1.96. The summed E-state index contributed by atoms with van der Waals surface area (Å²) in [6.07, 6.45) is 3.07. The highest BCUT2D eigenvalue weighted by molar-refractivity contribution is 5.87. The number of carbonyl (C=O) groups excluding carboxylic acids is 1. The summed E-state index contributed by atoms with van der Waals surface area (Å²) in [6, 6.07) is 3.83. The highest BCUT2D eigenvalue weighted by Crippen LogP contribution is 2.17. The van der Waals surface area contributed by atoms with Crippen LogP contribution in [0.25, 0.3) is 0 Å². The minimum atomic E-state index is -0.00246. The fourth-order valence-corrected chi connectivity index (χ4v) is 1.97. The molecule has 0 spiro atoms. The van der Waals surface area contributed by atoms with Gasteiger partial charge in [0.25, 0.3) is 0 Å². The van der Waals surface area contributed by atoms with Gasteiger partial charge in [-0.05, 0) is 18.2 Å². The highest BCUT2D eigenvalue weighted by atomic mass is 16.5. The fourth-order valence-electron chi connectivity index (χ4n) is 1.97. The van der Waals surface area contributed by atoms with Crippen molar-refractivity contribution in [2.24, 2.45) is 0 Å². The molecular formula is C13H17N3O2. The summed E-state index contributed by atoms with van der Waals surface area (Å²) in [5.41, 5.74) is 0. The zero-order valence-electron chi connectivity index (χ0n) is 10.5. The van der Waals surface area contributed by atoms with Gasteiger partial charge in [0.15, 0.2) is 0 Å². The number of methoxy groups -OCH3 is 1. The topological polar surface area (TPSA) is 45.7 Å². The lowest BCUT2D eigenvalue weighted by Gasteiger charge is -2.34. The second-order valence-corrected chi connectivity index (χ2v) is 4.07. The average Bonchev–Trinajstić information content (AvgIpc) is 2.47. The second-order valence-electron chi connectivity index (χ2n) is 4.07. The first-order valence-corrected chi connectivity index (χ1v) is 5.91. The monoisotopic (exact) mass is 247 g/mol. The summed E-state index contributed by atoms with van der Waals surface area (Å²) >= 11 is 0. The van der Waals surface area contributed by atoms with Crippen LogP contribution >= 0.6 is 0 Å². The largest absolute Gasteiger partial charge is 0.495 e. The van der Waals surface area contributed by atoms with E-state index in [1.807, 2.05) is 12.1 Å². The van der Waals surface area contributed by atoms with Crippen molar-refractivity contribution in [1.29, 1.82) is 0 Å². The molecule has 2 heterocycles. The molecule has 96 valence electrons. The number of aromatic nitrogens is 1. The molecule has 1 aromatic rings. The summed E-state index contributed by atoms with van der Waals surface area (Å²) in [6.45, 7) is 6.50. The van der Waals surface area contributed by atoms with Crippen LogP contribution in [0.4, 0.5) is 5.82 Å². The van der Waals surface area contributed by atoms with Crippen LogP contribution in [0.3, 0.4) is 0 Å². The Kier molecular flexibility index (Phi) is 3.82. The molecule has 0 aromatic carbocycles. The minimum absolute atomic E-state index is 0.00246. The number of hydrogen-bond donors (Lipinski definition) is 0. The summed E-state index contributed by atoms with van der Waals surface area (Å²) in [5.74, 6) is 1.66. The Bertz CT molecular complexity index is 422. The van der Waals surface area contributed by atoms with Gasteiger partial charge in [-0.1, -0.05) is 6.58 Å². The summed E-state index contributed by atoms with van der Waals surface area (Å²) in [7, 11) is 1.62. The zero-order valence-corrected chi connectivity index (χ0v) is 10.5. The highest BCUT2D eigenvalue weighted by Gasteiger charge is 2.19. The summed E-state index contributed by atoms with van der Waals surface area (Å²) < 4.78 is 5.07. The zero-order chi connectivity index (χ0) is 13.0. The van der Waals surface area contributed by atoms with Crippen molar-refractivity contribution in [3.05, 3.63) is 31.0 Å². The molecule has 1 aliphatic rings. The molecule has 0 unspecified atom stereocenters. The van der Waals surface area contributed by atoms with E-state index in [0.29, 0.717) is 13.1 Å². The molecule has 1 amide bonds. The van der Waals surface area contributed by atoms with Crippen molar-refractivity contribution in [2.45, 2.75) is 0 Å². The average molecular weight is 247 g/mol. The molecule has 1 aliphatic heterocycles. The van der Waals surface area contributed by atoms with Crippen molar-refractivity contribution >= 4 is 11.7 Å². The quantitative estimate of drug-likeness (QED) is 0.745. The van der Waals surface area contributed by atoms with Gasteiger partial charge in [-0.2, -0.15) is 0 Å². The molecular weight excluding hydrogens is 230 g/mol. The number of anilines is 1. The van der Waals surface area contributed by atoms with Gasteiger partial charge < -0.3 is 14.5 Å². The molecule has 0 N–H and O–H groups in total. The minimum Gasteiger partial charge on any atom is -0.495 e. The van der Waals surface area contributed by atoms with Crippen molar-refractivity contribution in [2.75, 3.05) is 38.2 Å². The van der Waals surface area contributed by atoms with E-state index in [1.54, 1.807) is 18.2 Å². The molecule has 2 rings (SSSR count). The fraction of sp³-hybridized carbons (Fsp3) is 0.385. The predicted octanol–water partition coefficient (Wildman–Crippen LogP) is 0.925. The number of amides is 1. The molecule has 5 nitrogen and oxygen atoms in total. The molecule has 1 fully saturated rings. The Hall–Kier alpha value is -2.04. The second kappa shape index (κ2) is 5.53. The number of ether oxygens (including phenoxy) is 1. The maximum absolute atomic E-state index is 11.5. The molecule has 5 heteroatoms. The van der Waals surface area contributed by atoms with Gasteiger partial charge in [0.1, 0.15) is 11.6 Å². The number of piperazine rings is 1. The van der Waals surface area contributed by atoms with E-state index in [2.05, 4.69) is 16.5 Å². The van der Waals surface area contributed by atoms with Crippen LogP contribution < -0.4 is 9.64 Å².